The van der Waals surface area contributed by atoms with Crippen molar-refractivity contribution in [2.75, 3.05) is 38.6 Å². The van der Waals surface area contributed by atoms with E-state index in [4.69, 9.17) is 4.74 Å². The molecular weight excluding hydrogens is 911 g/mol. The molecule has 2 aliphatic heterocycles. The van der Waals surface area contributed by atoms with E-state index in [2.05, 4.69) is 39.7 Å². The fourth-order valence-electron chi connectivity index (χ4n) is 8.53. The van der Waals surface area contributed by atoms with Crippen LogP contribution in [0.2, 0.25) is 0 Å². The highest BCUT2D eigenvalue weighted by molar-refractivity contribution is 7.90. The quantitative estimate of drug-likeness (QED) is 0.0922. The molecule has 5 heterocycles. The molecule has 2 aliphatic rings. The summed E-state index contributed by atoms with van der Waals surface area (Å²) in [5.41, 5.74) is 2.45. The van der Waals surface area contributed by atoms with Gasteiger partial charge in [-0.3, -0.25) is 14.4 Å². The Labute approximate surface area is 398 Å². The summed E-state index contributed by atoms with van der Waals surface area (Å²) < 4.78 is 66.9. The van der Waals surface area contributed by atoms with Crippen molar-refractivity contribution in [2.24, 2.45) is 11.8 Å². The van der Waals surface area contributed by atoms with Crippen LogP contribution in [0, 0.1) is 30.1 Å². The lowest BCUT2D eigenvalue weighted by Crippen LogP contribution is -2.51. The Morgan fingerprint density at radius 3 is 1.88 bits per heavy atom. The van der Waals surface area contributed by atoms with Crippen molar-refractivity contribution in [1.82, 2.24) is 33.4 Å². The zero-order valence-corrected chi connectivity index (χ0v) is 40.7. The number of carbonyl (C=O) groups excluding carboxylic acids is 4. The molecule has 18 nitrogen and oxygen atoms in total. The van der Waals surface area contributed by atoms with Crippen LogP contribution < -0.4 is 14.8 Å². The molecule has 3 aromatic heterocycles. The molecule has 3 amide bonds. The number of methoxy groups -OCH3 is 1. The van der Waals surface area contributed by atoms with Gasteiger partial charge in [0.05, 0.1) is 16.9 Å². The molecule has 2 atom stereocenters. The number of benzene rings is 2. The molecule has 0 bridgehead atoms. The molecule has 5 aromatic rings. The van der Waals surface area contributed by atoms with Crippen LogP contribution in [-0.4, -0.2) is 110 Å². The number of nitrogens with zero attached hydrogens (tertiary/aromatic N) is 5. The van der Waals surface area contributed by atoms with Gasteiger partial charge in [-0.2, -0.15) is 14.7 Å². The highest BCUT2D eigenvalue weighted by Gasteiger charge is 2.33. The van der Waals surface area contributed by atoms with Gasteiger partial charge in [-0.15, -0.1) is 0 Å². The number of amides is 3. The lowest BCUT2D eigenvalue weighted by atomic mass is 9.98. The van der Waals surface area contributed by atoms with Crippen LogP contribution in [-0.2, 0) is 52.3 Å². The summed E-state index contributed by atoms with van der Waals surface area (Å²) in [4.78, 5) is 56.8. The molecule has 364 valence electrons. The molecule has 2 saturated heterocycles. The summed E-state index contributed by atoms with van der Waals surface area (Å²) in [6.45, 7) is 10.3. The van der Waals surface area contributed by atoms with Crippen LogP contribution in [0.25, 0.3) is 10.9 Å². The Kier molecular flexibility index (Phi) is 17.1. The molecule has 2 fully saturated rings. The monoisotopic (exact) mass is 971 g/mol. The number of H-pyrrole nitrogens is 1. The molecule has 4 N–H and O–H groups in total. The summed E-state index contributed by atoms with van der Waals surface area (Å²) in [7, 11) is -6.71. The number of carbonyl (C=O) groups is 4. The normalized spacial score (nSPS) is 15.8. The number of rotatable bonds is 16. The largest absolute Gasteiger partial charge is 0.464 e. The minimum atomic E-state index is -4.02. The Bertz CT molecular complexity index is 2850. The number of aromatic amines is 1. The number of nitrogens with one attached hydrogen (secondary N) is 4. The highest BCUT2D eigenvalue weighted by atomic mass is 32.2. The van der Waals surface area contributed by atoms with E-state index < -0.39 is 38.1 Å². The SMILES string of the molecule is CC(=O)Nc1ccc(S(=O)(=O)NC(CCn2cccc2C#N)C(=O)N2CCC(C)CC2)c(C)c1.COC(=O)c1cccn1CCC(NS(=O)(=O)c1cccc2[nH]ccc12)C(=O)N1CCC(C)CC1. The first kappa shape index (κ1) is 51.1. The van der Waals surface area contributed by atoms with E-state index in [1.165, 1.54) is 32.2 Å². The average molecular weight is 972 g/mol. The molecule has 20 heteroatoms. The highest BCUT2D eigenvalue weighted by Crippen LogP contribution is 2.25. The second kappa shape index (κ2) is 22.7. The van der Waals surface area contributed by atoms with Crippen molar-refractivity contribution in [1.29, 1.82) is 5.26 Å². The predicted octanol–water partition coefficient (Wildman–Crippen LogP) is 5.37. The van der Waals surface area contributed by atoms with E-state index in [9.17, 15) is 41.3 Å². The van der Waals surface area contributed by atoms with Crippen molar-refractivity contribution >= 4 is 60.3 Å². The number of esters is 1. The van der Waals surface area contributed by atoms with Crippen LogP contribution in [0.1, 0.15) is 81.0 Å². The second-order valence-electron chi connectivity index (χ2n) is 17.6. The Morgan fingerprint density at radius 1 is 0.765 bits per heavy atom. The number of nitriles is 1. The van der Waals surface area contributed by atoms with Gasteiger partial charge in [0.2, 0.25) is 37.8 Å². The zero-order chi connectivity index (χ0) is 49.2. The lowest BCUT2D eigenvalue weighted by molar-refractivity contribution is -0.135. The topological polar surface area (TPSA) is 238 Å². The average Bonchev–Trinajstić information content (AvgIpc) is 4.10. The third-order valence-electron chi connectivity index (χ3n) is 12.5. The number of sulfonamides is 2. The van der Waals surface area contributed by atoms with Gasteiger partial charge in [-0.1, -0.05) is 19.9 Å². The van der Waals surface area contributed by atoms with E-state index in [-0.39, 0.29) is 46.9 Å². The van der Waals surface area contributed by atoms with Gasteiger partial charge in [0.25, 0.3) is 0 Å². The second-order valence-corrected chi connectivity index (χ2v) is 20.9. The molecule has 2 aromatic carbocycles. The molecule has 0 aliphatic carbocycles. The third kappa shape index (κ3) is 12.8. The molecule has 0 saturated carbocycles. The standard InChI is InChI=1S/C24H31N5O4S.C24H30N4O5S/c1-17-8-12-29(13-9-17)24(31)22(10-14-28-11-4-5-21(28)16-25)27-34(32,33)23-7-6-20(15-18(23)2)26-19(3)30;1-17-9-14-28(15-10-17)23(29)20(11-16-27-13-4-6-21(27)24(30)33-2)26-34(31,32)22-7-3-5-19-18(22)8-12-25-19/h4-7,11,15,17,22,27H,8-10,12-14H2,1-3H3,(H,26,30);3-8,12-13,17,20,25-26H,9-11,14-16H2,1-2H3. The first-order valence-corrected chi connectivity index (χ1v) is 25.7. The van der Waals surface area contributed by atoms with Crippen LogP contribution >= 0.6 is 0 Å². The van der Waals surface area contributed by atoms with Gasteiger partial charge >= 0.3 is 5.97 Å². The first-order chi connectivity index (χ1) is 32.4. The summed E-state index contributed by atoms with van der Waals surface area (Å²) in [5, 5.41) is 12.5. The van der Waals surface area contributed by atoms with Gasteiger partial charge in [0, 0.05) is 81.4 Å². The minimum absolute atomic E-state index is 0.0466. The summed E-state index contributed by atoms with van der Waals surface area (Å²) >= 11 is 0. The van der Waals surface area contributed by atoms with E-state index in [0.29, 0.717) is 78.1 Å². The van der Waals surface area contributed by atoms with Gasteiger partial charge in [0.1, 0.15) is 29.5 Å². The maximum absolute atomic E-state index is 13.5. The van der Waals surface area contributed by atoms with E-state index in [1.54, 1.807) is 93.0 Å². The number of likely N-dealkylation sites (tertiary alicyclic amines) is 2. The van der Waals surface area contributed by atoms with Gasteiger partial charge in [-0.25, -0.2) is 21.6 Å². The maximum atomic E-state index is 13.5. The van der Waals surface area contributed by atoms with E-state index in [0.717, 1.165) is 25.7 Å². The van der Waals surface area contributed by atoms with Gasteiger partial charge in [0.15, 0.2) is 0 Å². The zero-order valence-electron chi connectivity index (χ0n) is 39.1. The number of aryl methyl sites for hydroxylation is 3. The number of piperidine rings is 2. The van der Waals surface area contributed by atoms with Crippen molar-refractivity contribution in [3.63, 3.8) is 0 Å². The molecule has 7 rings (SSSR count). The number of aromatic nitrogens is 3. The molecule has 0 spiro atoms. The van der Waals surface area contributed by atoms with E-state index >= 15 is 0 Å². The molecule has 0 radical (unpaired) electrons. The fourth-order valence-corrected chi connectivity index (χ4v) is 11.4. The first-order valence-electron chi connectivity index (χ1n) is 22.8. The third-order valence-corrected chi connectivity index (χ3v) is 15.7. The smallest absolute Gasteiger partial charge is 0.354 e. The summed E-state index contributed by atoms with van der Waals surface area (Å²) in [5.74, 6) is -0.180. The maximum Gasteiger partial charge on any atom is 0.354 e. The van der Waals surface area contributed by atoms with Crippen molar-refractivity contribution in [2.45, 2.75) is 101 Å². The Morgan fingerprint density at radius 2 is 1.32 bits per heavy atom. The number of ether oxygens (including phenoxy) is 1. The van der Waals surface area contributed by atoms with Crippen LogP contribution in [0.15, 0.2) is 95.1 Å². The van der Waals surface area contributed by atoms with E-state index in [1.807, 2.05) is 0 Å². The molecular formula is C48H61N9O9S2. The van der Waals surface area contributed by atoms with Crippen molar-refractivity contribution in [3.8, 4) is 6.07 Å². The number of hydrogen-bond acceptors (Lipinski definition) is 10. The minimum Gasteiger partial charge on any atom is -0.464 e. The number of fused-ring (bicyclic) bond motifs is 1. The van der Waals surface area contributed by atoms with Gasteiger partial charge < -0.3 is 34.0 Å². The summed E-state index contributed by atoms with van der Waals surface area (Å²) in [6, 6.07) is 18.1. The van der Waals surface area contributed by atoms with Crippen molar-refractivity contribution < 1.29 is 40.8 Å². The van der Waals surface area contributed by atoms with Gasteiger partial charge in [-0.05, 0) is 124 Å². The lowest BCUT2D eigenvalue weighted by Gasteiger charge is -2.33. The number of hydrogen-bond donors (Lipinski definition) is 4. The predicted molar refractivity (Wildman–Crippen MR) is 256 cm³/mol. The number of anilines is 1. The van der Waals surface area contributed by atoms with Crippen molar-refractivity contribution in [3.05, 3.63) is 102 Å². The Balaban J connectivity index is 0.000000224. The molecule has 2 unspecified atom stereocenters. The fraction of sp³-hybridized carbons (Fsp3) is 0.438. The van der Waals surface area contributed by atoms with Crippen LogP contribution in [0.4, 0.5) is 5.69 Å². The Hall–Kier alpha value is -6.27. The summed E-state index contributed by atoms with van der Waals surface area (Å²) in [6.07, 6.45) is 9.06. The van der Waals surface area contributed by atoms with Crippen LogP contribution in [0.3, 0.4) is 0 Å². The van der Waals surface area contributed by atoms with Crippen LogP contribution in [0.5, 0.6) is 0 Å². The molecule has 68 heavy (non-hydrogen) atoms.